The summed E-state index contributed by atoms with van der Waals surface area (Å²) in [5.41, 5.74) is 4.26. The van der Waals surface area contributed by atoms with Gasteiger partial charge in [0.05, 0.1) is 0 Å². The third-order valence-electron chi connectivity index (χ3n) is 3.38. The molecule has 16 heavy (non-hydrogen) atoms. The van der Waals surface area contributed by atoms with E-state index in [9.17, 15) is 0 Å². The van der Waals surface area contributed by atoms with Crippen LogP contribution in [-0.4, -0.2) is 0 Å². The minimum atomic E-state index is 0.442. The van der Waals surface area contributed by atoms with Crippen molar-refractivity contribution in [2.45, 2.75) is 19.3 Å². The summed E-state index contributed by atoms with van der Waals surface area (Å²) >= 11 is 0. The summed E-state index contributed by atoms with van der Waals surface area (Å²) < 4.78 is 0. The molecule has 82 valence electrons. The molecule has 0 saturated carbocycles. The lowest BCUT2D eigenvalue weighted by Gasteiger charge is -2.18. The van der Waals surface area contributed by atoms with Crippen molar-refractivity contribution < 1.29 is 0 Å². The summed E-state index contributed by atoms with van der Waals surface area (Å²) in [4.78, 5) is 0. The van der Waals surface area contributed by atoms with Crippen LogP contribution in [-0.2, 0) is 0 Å². The van der Waals surface area contributed by atoms with Crippen LogP contribution in [0.15, 0.2) is 55.1 Å². The summed E-state index contributed by atoms with van der Waals surface area (Å²) in [6.07, 6.45) is 7.36. The Morgan fingerprint density at radius 1 is 1.31 bits per heavy atom. The molecule has 0 N–H and O–H groups in total. The van der Waals surface area contributed by atoms with Crippen LogP contribution in [0.25, 0.3) is 6.08 Å². The quantitative estimate of drug-likeness (QED) is 0.639. The van der Waals surface area contributed by atoms with Gasteiger partial charge in [0.2, 0.25) is 0 Å². The topological polar surface area (TPSA) is 0 Å². The second-order valence-electron chi connectivity index (χ2n) is 4.37. The molecule has 0 bridgehead atoms. The second-order valence-corrected chi connectivity index (χ2v) is 4.37. The number of fused-ring (bicyclic) bond motifs is 1. The van der Waals surface area contributed by atoms with E-state index in [1.165, 1.54) is 16.7 Å². The Bertz CT molecular complexity index is 437. The first-order valence-electron chi connectivity index (χ1n) is 5.81. The third-order valence-corrected chi connectivity index (χ3v) is 3.38. The third kappa shape index (κ3) is 1.76. The molecule has 1 aromatic carbocycles. The second kappa shape index (κ2) is 4.52. The molecule has 0 aliphatic heterocycles. The molecule has 0 fully saturated rings. The van der Waals surface area contributed by atoms with Crippen LogP contribution in [0.4, 0.5) is 0 Å². The van der Waals surface area contributed by atoms with Crippen molar-refractivity contribution in [3.63, 3.8) is 0 Å². The summed E-state index contributed by atoms with van der Waals surface area (Å²) in [6, 6.07) is 8.63. The molecule has 2 unspecified atom stereocenters. The summed E-state index contributed by atoms with van der Waals surface area (Å²) in [7, 11) is 0. The fourth-order valence-corrected chi connectivity index (χ4v) is 2.43. The van der Waals surface area contributed by atoms with Crippen molar-refractivity contribution >= 4 is 6.08 Å². The molecule has 1 aliphatic rings. The van der Waals surface area contributed by atoms with E-state index in [-0.39, 0.29) is 0 Å². The lowest BCUT2D eigenvalue weighted by Crippen LogP contribution is -2.03. The van der Waals surface area contributed by atoms with Crippen molar-refractivity contribution in [1.82, 2.24) is 0 Å². The van der Waals surface area contributed by atoms with Crippen molar-refractivity contribution in [1.29, 1.82) is 0 Å². The molecule has 0 heterocycles. The van der Waals surface area contributed by atoms with Gasteiger partial charge in [0.1, 0.15) is 0 Å². The van der Waals surface area contributed by atoms with Crippen LogP contribution in [0.1, 0.15) is 30.4 Å². The average molecular weight is 210 g/mol. The summed E-state index contributed by atoms with van der Waals surface area (Å²) in [5.74, 6) is 0.944. The Kier molecular flexibility index (Phi) is 3.09. The van der Waals surface area contributed by atoms with Gasteiger partial charge in [0.25, 0.3) is 0 Å². The normalized spacial score (nSPS) is 19.8. The number of allylic oxidation sites excluding steroid dienone is 3. The van der Waals surface area contributed by atoms with E-state index in [0.29, 0.717) is 11.8 Å². The molecule has 0 radical (unpaired) electrons. The van der Waals surface area contributed by atoms with Gasteiger partial charge < -0.3 is 0 Å². The van der Waals surface area contributed by atoms with Crippen molar-refractivity contribution in [2.24, 2.45) is 5.92 Å². The fraction of sp³-hybridized carbons (Fsp3) is 0.250. The van der Waals surface area contributed by atoms with Crippen LogP contribution in [0.5, 0.6) is 0 Å². The molecule has 0 aromatic heterocycles. The molecular formula is C16H18. The van der Waals surface area contributed by atoms with Gasteiger partial charge in [-0.1, -0.05) is 55.0 Å². The Hall–Kier alpha value is -1.56. The fourth-order valence-electron chi connectivity index (χ4n) is 2.43. The highest BCUT2D eigenvalue weighted by molar-refractivity contribution is 5.67. The van der Waals surface area contributed by atoms with Gasteiger partial charge in [-0.25, -0.2) is 0 Å². The van der Waals surface area contributed by atoms with Gasteiger partial charge in [-0.3, -0.25) is 0 Å². The Morgan fingerprint density at radius 2 is 2.06 bits per heavy atom. The van der Waals surface area contributed by atoms with Gasteiger partial charge in [0.15, 0.2) is 0 Å². The molecule has 0 nitrogen and oxygen atoms in total. The highest BCUT2D eigenvalue weighted by Gasteiger charge is 2.25. The average Bonchev–Trinajstić information content (AvgIpc) is 2.68. The minimum Gasteiger partial charge on any atom is -0.103 e. The Balaban J connectivity index is 2.41. The molecule has 0 amide bonds. The standard InChI is InChI=1S/C16H18/c1-4-8-15-14-10-7-6-9-13(14)11-16(15)12(3)5-2/h4-7,9-12,15H,1-2,8H2,3H3. The van der Waals surface area contributed by atoms with Crippen molar-refractivity contribution in [3.8, 4) is 0 Å². The van der Waals surface area contributed by atoms with Gasteiger partial charge in [-0.15, -0.1) is 13.2 Å². The first-order chi connectivity index (χ1) is 7.77. The van der Waals surface area contributed by atoms with Crippen LogP contribution < -0.4 is 0 Å². The van der Waals surface area contributed by atoms with Gasteiger partial charge >= 0.3 is 0 Å². The van der Waals surface area contributed by atoms with Crippen molar-refractivity contribution in [3.05, 3.63) is 66.3 Å². The van der Waals surface area contributed by atoms with Crippen LogP contribution in [0.2, 0.25) is 0 Å². The summed E-state index contributed by atoms with van der Waals surface area (Å²) in [6.45, 7) is 9.97. The Morgan fingerprint density at radius 3 is 2.75 bits per heavy atom. The van der Waals surface area contributed by atoms with Crippen LogP contribution >= 0.6 is 0 Å². The number of rotatable bonds is 4. The van der Waals surface area contributed by atoms with Crippen LogP contribution in [0.3, 0.4) is 0 Å². The minimum absolute atomic E-state index is 0.442. The van der Waals surface area contributed by atoms with E-state index in [2.05, 4.69) is 50.4 Å². The van der Waals surface area contributed by atoms with E-state index in [0.717, 1.165) is 6.42 Å². The maximum Gasteiger partial charge on any atom is 0.00976 e. The van der Waals surface area contributed by atoms with Crippen LogP contribution in [0, 0.1) is 5.92 Å². The number of hydrogen-bond donors (Lipinski definition) is 0. The predicted molar refractivity (Wildman–Crippen MR) is 71.3 cm³/mol. The van der Waals surface area contributed by atoms with E-state index in [4.69, 9.17) is 0 Å². The van der Waals surface area contributed by atoms with Gasteiger partial charge in [-0.2, -0.15) is 0 Å². The molecule has 1 aromatic rings. The molecule has 0 heteroatoms. The maximum absolute atomic E-state index is 3.90. The SMILES string of the molecule is C=CCC1C(C(C)C=C)=Cc2ccccc21. The maximum atomic E-state index is 3.90. The predicted octanol–water partition coefficient (Wildman–Crippen LogP) is 4.57. The zero-order valence-electron chi connectivity index (χ0n) is 9.82. The van der Waals surface area contributed by atoms with E-state index in [1.54, 1.807) is 0 Å². The van der Waals surface area contributed by atoms with E-state index < -0.39 is 0 Å². The zero-order chi connectivity index (χ0) is 11.5. The highest BCUT2D eigenvalue weighted by atomic mass is 14.3. The molecule has 2 rings (SSSR count). The lowest BCUT2D eigenvalue weighted by molar-refractivity contribution is 0.719. The first kappa shape index (κ1) is 10.9. The largest absolute Gasteiger partial charge is 0.103 e. The van der Waals surface area contributed by atoms with E-state index >= 15 is 0 Å². The first-order valence-corrected chi connectivity index (χ1v) is 5.81. The summed E-state index contributed by atoms with van der Waals surface area (Å²) in [5, 5.41) is 0. The molecule has 0 spiro atoms. The number of hydrogen-bond acceptors (Lipinski definition) is 0. The monoisotopic (exact) mass is 210 g/mol. The molecular weight excluding hydrogens is 192 g/mol. The van der Waals surface area contributed by atoms with Gasteiger partial charge in [-0.05, 0) is 23.5 Å². The number of benzene rings is 1. The smallest absolute Gasteiger partial charge is 0.00976 e. The van der Waals surface area contributed by atoms with Crippen molar-refractivity contribution in [2.75, 3.05) is 0 Å². The molecule has 2 atom stereocenters. The lowest BCUT2D eigenvalue weighted by atomic mass is 9.86. The highest BCUT2D eigenvalue weighted by Crippen LogP contribution is 2.42. The molecule has 1 aliphatic carbocycles. The van der Waals surface area contributed by atoms with Gasteiger partial charge in [0, 0.05) is 5.92 Å². The van der Waals surface area contributed by atoms with E-state index in [1.807, 2.05) is 12.2 Å². The molecule has 0 saturated heterocycles. The Labute approximate surface area is 98.0 Å². The zero-order valence-corrected chi connectivity index (χ0v) is 9.82.